The summed E-state index contributed by atoms with van der Waals surface area (Å²) < 4.78 is 0. The second-order valence-electron chi connectivity index (χ2n) is 5.05. The van der Waals surface area contributed by atoms with Crippen molar-refractivity contribution >= 4 is 11.9 Å². The lowest BCUT2D eigenvalue weighted by Crippen LogP contribution is -2.35. The Balaban J connectivity index is 1.94. The first kappa shape index (κ1) is 13.5. The van der Waals surface area contributed by atoms with Crippen molar-refractivity contribution in [3.63, 3.8) is 0 Å². The molecule has 1 fully saturated rings. The normalized spacial score (nSPS) is 26.1. The van der Waals surface area contributed by atoms with Gasteiger partial charge in [-0.25, -0.2) is 9.97 Å². The van der Waals surface area contributed by atoms with E-state index in [2.05, 4.69) is 15.3 Å². The zero-order chi connectivity index (χ0) is 13.8. The minimum atomic E-state index is -0.883. The van der Waals surface area contributed by atoms with Gasteiger partial charge in [-0.1, -0.05) is 6.92 Å². The van der Waals surface area contributed by atoms with Crippen molar-refractivity contribution in [1.29, 1.82) is 0 Å². The molecule has 6 nitrogen and oxygen atoms in total. The molecule has 0 aromatic carbocycles. The van der Waals surface area contributed by atoms with Crippen LogP contribution in [0.1, 0.15) is 25.5 Å². The van der Waals surface area contributed by atoms with Gasteiger partial charge in [-0.15, -0.1) is 0 Å². The topological polar surface area (TPSA) is 92.2 Å². The summed E-state index contributed by atoms with van der Waals surface area (Å²) in [5.74, 6) is -1.81. The van der Waals surface area contributed by atoms with E-state index in [0.717, 1.165) is 0 Å². The molecule has 0 spiro atoms. The van der Waals surface area contributed by atoms with Gasteiger partial charge in [0.15, 0.2) is 0 Å². The van der Waals surface area contributed by atoms with Crippen molar-refractivity contribution in [3.8, 4) is 0 Å². The zero-order valence-corrected chi connectivity index (χ0v) is 10.7. The van der Waals surface area contributed by atoms with Crippen LogP contribution in [0.15, 0.2) is 18.6 Å². The Hall–Kier alpha value is -1.98. The Morgan fingerprint density at radius 1 is 1.42 bits per heavy atom. The van der Waals surface area contributed by atoms with E-state index in [1.807, 2.05) is 6.92 Å². The van der Waals surface area contributed by atoms with E-state index in [1.165, 1.54) is 6.33 Å². The van der Waals surface area contributed by atoms with Crippen LogP contribution < -0.4 is 5.32 Å². The van der Waals surface area contributed by atoms with Crippen molar-refractivity contribution in [2.75, 3.05) is 0 Å². The quantitative estimate of drug-likeness (QED) is 0.839. The molecule has 3 unspecified atom stereocenters. The van der Waals surface area contributed by atoms with Gasteiger partial charge in [-0.05, 0) is 24.8 Å². The van der Waals surface area contributed by atoms with Crippen LogP contribution in [-0.4, -0.2) is 27.0 Å². The van der Waals surface area contributed by atoms with Crippen LogP contribution >= 0.6 is 0 Å². The molecule has 1 aromatic rings. The third-order valence-corrected chi connectivity index (χ3v) is 3.54. The summed E-state index contributed by atoms with van der Waals surface area (Å²) in [5.41, 5.74) is 0.710. The molecular weight excluding hydrogens is 246 g/mol. The molecule has 0 saturated heterocycles. The fourth-order valence-electron chi connectivity index (χ4n) is 2.59. The number of aromatic nitrogens is 2. The van der Waals surface area contributed by atoms with Crippen LogP contribution in [0.4, 0.5) is 0 Å². The van der Waals surface area contributed by atoms with Gasteiger partial charge < -0.3 is 10.4 Å². The minimum absolute atomic E-state index is 0.199. The summed E-state index contributed by atoms with van der Waals surface area (Å²) in [4.78, 5) is 31.0. The van der Waals surface area contributed by atoms with Crippen molar-refractivity contribution in [1.82, 2.24) is 15.3 Å². The molecule has 19 heavy (non-hydrogen) atoms. The first-order chi connectivity index (χ1) is 9.08. The number of carboxylic acid groups (broad SMARTS) is 1. The van der Waals surface area contributed by atoms with Crippen molar-refractivity contribution in [2.45, 2.75) is 26.3 Å². The smallest absolute Gasteiger partial charge is 0.307 e. The van der Waals surface area contributed by atoms with Gasteiger partial charge in [0.1, 0.15) is 6.33 Å². The van der Waals surface area contributed by atoms with Crippen LogP contribution in [0, 0.1) is 17.8 Å². The number of nitrogens with one attached hydrogen (secondary N) is 1. The largest absolute Gasteiger partial charge is 0.481 e. The standard InChI is InChI=1S/C13H17N3O3/c1-8-4-10(11(5-8)13(18)19)12(17)15-6-9-2-3-14-7-16-9/h2-3,7-8,10-11H,4-6H2,1H3,(H,15,17)(H,18,19). The van der Waals surface area contributed by atoms with E-state index in [1.54, 1.807) is 12.3 Å². The molecule has 2 N–H and O–H groups in total. The zero-order valence-electron chi connectivity index (χ0n) is 10.7. The molecule has 0 aliphatic heterocycles. The Kier molecular flexibility index (Phi) is 4.09. The summed E-state index contributed by atoms with van der Waals surface area (Å²) in [7, 11) is 0. The maximum atomic E-state index is 12.1. The summed E-state index contributed by atoms with van der Waals surface area (Å²) in [6.45, 7) is 2.28. The van der Waals surface area contributed by atoms with E-state index in [4.69, 9.17) is 5.11 Å². The van der Waals surface area contributed by atoms with E-state index >= 15 is 0 Å². The maximum absolute atomic E-state index is 12.1. The van der Waals surface area contributed by atoms with Gasteiger partial charge in [-0.2, -0.15) is 0 Å². The molecule has 1 aliphatic carbocycles. The Labute approximate surface area is 111 Å². The number of aliphatic carboxylic acids is 1. The van der Waals surface area contributed by atoms with Gasteiger partial charge in [0, 0.05) is 6.20 Å². The van der Waals surface area contributed by atoms with Crippen LogP contribution in [0.3, 0.4) is 0 Å². The number of amides is 1. The Morgan fingerprint density at radius 2 is 2.16 bits per heavy atom. The average molecular weight is 263 g/mol. The number of carboxylic acids is 1. The van der Waals surface area contributed by atoms with Gasteiger partial charge in [0.25, 0.3) is 0 Å². The monoisotopic (exact) mass is 263 g/mol. The van der Waals surface area contributed by atoms with Crippen LogP contribution in [0.2, 0.25) is 0 Å². The molecule has 102 valence electrons. The molecule has 1 aromatic heterocycles. The van der Waals surface area contributed by atoms with Crippen LogP contribution in [0.25, 0.3) is 0 Å². The fraction of sp³-hybridized carbons (Fsp3) is 0.538. The van der Waals surface area contributed by atoms with Crippen molar-refractivity contribution in [3.05, 3.63) is 24.3 Å². The average Bonchev–Trinajstić information content (AvgIpc) is 2.79. The number of hydrogen-bond acceptors (Lipinski definition) is 4. The predicted molar refractivity (Wildman–Crippen MR) is 66.9 cm³/mol. The van der Waals surface area contributed by atoms with Gasteiger partial charge >= 0.3 is 5.97 Å². The summed E-state index contributed by atoms with van der Waals surface area (Å²) >= 11 is 0. The highest BCUT2D eigenvalue weighted by Crippen LogP contribution is 2.36. The highest BCUT2D eigenvalue weighted by atomic mass is 16.4. The summed E-state index contributed by atoms with van der Waals surface area (Å²) in [6.07, 6.45) is 4.22. The fourth-order valence-corrected chi connectivity index (χ4v) is 2.59. The lowest BCUT2D eigenvalue weighted by Gasteiger charge is -2.15. The van der Waals surface area contributed by atoms with E-state index < -0.39 is 17.8 Å². The number of nitrogens with zero attached hydrogens (tertiary/aromatic N) is 2. The molecule has 2 rings (SSSR count). The predicted octanol–water partition coefficient (Wildman–Crippen LogP) is 0.840. The summed E-state index contributed by atoms with van der Waals surface area (Å²) in [6, 6.07) is 1.71. The lowest BCUT2D eigenvalue weighted by molar-refractivity contribution is -0.146. The van der Waals surface area contributed by atoms with Crippen LogP contribution in [-0.2, 0) is 16.1 Å². The minimum Gasteiger partial charge on any atom is -0.481 e. The molecule has 1 amide bonds. The molecule has 1 saturated carbocycles. The van der Waals surface area contributed by atoms with E-state index in [9.17, 15) is 9.59 Å². The number of carbonyl (C=O) groups is 2. The third kappa shape index (κ3) is 3.27. The van der Waals surface area contributed by atoms with Gasteiger partial charge in [0.2, 0.25) is 5.91 Å². The number of hydrogen-bond donors (Lipinski definition) is 2. The molecular formula is C13H17N3O3. The lowest BCUT2D eigenvalue weighted by atomic mass is 9.95. The highest BCUT2D eigenvalue weighted by molar-refractivity contribution is 5.85. The number of rotatable bonds is 4. The number of carbonyl (C=O) groups excluding carboxylic acids is 1. The Morgan fingerprint density at radius 3 is 2.79 bits per heavy atom. The van der Waals surface area contributed by atoms with Crippen LogP contribution in [0.5, 0.6) is 0 Å². The molecule has 0 radical (unpaired) electrons. The molecule has 1 aliphatic rings. The first-order valence-electron chi connectivity index (χ1n) is 6.33. The SMILES string of the molecule is CC1CC(C(=O)O)C(C(=O)NCc2ccncn2)C1. The molecule has 6 heteroatoms. The first-order valence-corrected chi connectivity index (χ1v) is 6.33. The molecule has 0 bridgehead atoms. The van der Waals surface area contributed by atoms with Gasteiger partial charge in [0.05, 0.1) is 24.1 Å². The second-order valence-corrected chi connectivity index (χ2v) is 5.05. The van der Waals surface area contributed by atoms with Crippen molar-refractivity contribution in [2.24, 2.45) is 17.8 Å². The van der Waals surface area contributed by atoms with E-state index in [0.29, 0.717) is 25.1 Å². The maximum Gasteiger partial charge on any atom is 0.307 e. The second kappa shape index (κ2) is 5.77. The molecule has 1 heterocycles. The van der Waals surface area contributed by atoms with Crippen molar-refractivity contribution < 1.29 is 14.7 Å². The van der Waals surface area contributed by atoms with Gasteiger partial charge in [-0.3, -0.25) is 9.59 Å². The highest BCUT2D eigenvalue weighted by Gasteiger charge is 2.40. The van der Waals surface area contributed by atoms with E-state index in [-0.39, 0.29) is 11.8 Å². The summed E-state index contributed by atoms with van der Waals surface area (Å²) in [5, 5.41) is 11.9. The molecule has 3 atom stereocenters. The Bertz CT molecular complexity index is 463. The third-order valence-electron chi connectivity index (χ3n) is 3.54.